The summed E-state index contributed by atoms with van der Waals surface area (Å²) in [5.41, 5.74) is 2.13. The lowest BCUT2D eigenvalue weighted by molar-refractivity contribution is 0.102. The molecule has 0 atom stereocenters. The number of likely N-dealkylation sites (N-methyl/N-ethyl adjacent to an activating group) is 1. The van der Waals surface area contributed by atoms with Crippen molar-refractivity contribution in [3.63, 3.8) is 0 Å². The van der Waals surface area contributed by atoms with E-state index in [0.717, 1.165) is 50.7 Å². The molecule has 3 heterocycles. The molecule has 0 radical (unpaired) electrons. The summed E-state index contributed by atoms with van der Waals surface area (Å²) in [6, 6.07) is 0. The third-order valence-corrected chi connectivity index (χ3v) is 4.34. The second-order valence-electron chi connectivity index (χ2n) is 6.58. The van der Waals surface area contributed by atoms with Crippen molar-refractivity contribution in [1.82, 2.24) is 34.3 Å². The van der Waals surface area contributed by atoms with Gasteiger partial charge in [-0.3, -0.25) is 4.90 Å². The van der Waals surface area contributed by atoms with Crippen LogP contribution in [0, 0.1) is 0 Å². The molecule has 1 aliphatic heterocycles. The summed E-state index contributed by atoms with van der Waals surface area (Å²) in [6.07, 6.45) is 4.91. The topological polar surface area (TPSA) is 64.2 Å². The molecule has 132 valence electrons. The fourth-order valence-corrected chi connectivity index (χ4v) is 2.87. The molecule has 0 saturated heterocycles. The van der Waals surface area contributed by atoms with Crippen molar-refractivity contribution in [2.24, 2.45) is 7.05 Å². The van der Waals surface area contributed by atoms with E-state index in [4.69, 9.17) is 4.74 Å². The van der Waals surface area contributed by atoms with Crippen LogP contribution < -0.4 is 0 Å². The lowest BCUT2D eigenvalue weighted by Crippen LogP contribution is -2.25. The van der Waals surface area contributed by atoms with Crippen LogP contribution in [0.3, 0.4) is 0 Å². The highest BCUT2D eigenvalue weighted by molar-refractivity contribution is 5.10. The number of ether oxygens (including phenoxy) is 1. The van der Waals surface area contributed by atoms with Gasteiger partial charge in [-0.2, -0.15) is 0 Å². The normalized spacial score (nSPS) is 15.7. The molecule has 0 unspecified atom stereocenters. The van der Waals surface area contributed by atoms with Gasteiger partial charge in [-0.25, -0.2) is 9.67 Å². The molecule has 0 aliphatic carbocycles. The predicted molar refractivity (Wildman–Crippen MR) is 90.2 cm³/mol. The number of nitrogens with zero attached hydrogens (tertiary/aromatic N) is 7. The summed E-state index contributed by atoms with van der Waals surface area (Å²) in [5, 5.41) is 8.64. The Morgan fingerprint density at radius 3 is 2.92 bits per heavy atom. The zero-order chi connectivity index (χ0) is 16.9. The molecule has 3 rings (SSSR count). The van der Waals surface area contributed by atoms with Gasteiger partial charge in [0.2, 0.25) is 0 Å². The first-order valence-electron chi connectivity index (χ1n) is 8.45. The summed E-state index contributed by atoms with van der Waals surface area (Å²) < 4.78 is 9.87. The van der Waals surface area contributed by atoms with E-state index >= 15 is 0 Å². The van der Waals surface area contributed by atoms with Crippen LogP contribution in [0.5, 0.6) is 0 Å². The number of fused-ring (bicyclic) bond motifs is 1. The minimum absolute atomic E-state index is 0.527. The average Bonchev–Trinajstić information content (AvgIpc) is 3.05. The summed E-state index contributed by atoms with van der Waals surface area (Å²) in [6.45, 7) is 5.78. The number of imidazole rings is 1. The summed E-state index contributed by atoms with van der Waals surface area (Å²) in [5.74, 6) is 1.08. The van der Waals surface area contributed by atoms with Crippen LogP contribution in [0.25, 0.3) is 0 Å². The summed E-state index contributed by atoms with van der Waals surface area (Å²) in [4.78, 5) is 8.96. The zero-order valence-electron chi connectivity index (χ0n) is 14.9. The smallest absolute Gasteiger partial charge is 0.122 e. The molecular formula is C16H27N7O. The maximum Gasteiger partial charge on any atom is 0.122 e. The van der Waals surface area contributed by atoms with E-state index in [1.165, 1.54) is 5.69 Å². The van der Waals surface area contributed by atoms with E-state index in [1.807, 2.05) is 38.2 Å². The van der Waals surface area contributed by atoms with Gasteiger partial charge in [0.15, 0.2) is 0 Å². The average molecular weight is 333 g/mol. The molecule has 0 fully saturated rings. The van der Waals surface area contributed by atoms with E-state index < -0.39 is 0 Å². The molecule has 8 heteroatoms. The van der Waals surface area contributed by atoms with E-state index in [9.17, 15) is 0 Å². The van der Waals surface area contributed by atoms with Crippen molar-refractivity contribution in [3.8, 4) is 0 Å². The Morgan fingerprint density at radius 2 is 2.17 bits per heavy atom. The van der Waals surface area contributed by atoms with E-state index in [0.29, 0.717) is 13.2 Å². The number of aryl methyl sites for hydroxylation is 2. The predicted octanol–water partition coefficient (Wildman–Crippen LogP) is 0.496. The second kappa shape index (κ2) is 7.87. The van der Waals surface area contributed by atoms with Crippen molar-refractivity contribution in [1.29, 1.82) is 0 Å². The number of rotatable bonds is 7. The quantitative estimate of drug-likeness (QED) is 0.688. The molecule has 1 aliphatic rings. The number of hydrogen-bond acceptors (Lipinski definition) is 6. The van der Waals surface area contributed by atoms with Gasteiger partial charge in [0.25, 0.3) is 0 Å². The molecule has 2 aromatic heterocycles. The maximum atomic E-state index is 5.76. The van der Waals surface area contributed by atoms with Gasteiger partial charge in [0.1, 0.15) is 11.5 Å². The Morgan fingerprint density at radius 1 is 1.29 bits per heavy atom. The molecule has 0 N–H and O–H groups in total. The third-order valence-electron chi connectivity index (χ3n) is 4.34. The van der Waals surface area contributed by atoms with Gasteiger partial charge in [0, 0.05) is 45.6 Å². The van der Waals surface area contributed by atoms with E-state index in [2.05, 4.69) is 29.7 Å². The molecule has 0 amide bonds. The molecular weight excluding hydrogens is 306 g/mol. The largest absolute Gasteiger partial charge is 0.374 e. The van der Waals surface area contributed by atoms with Gasteiger partial charge in [-0.05, 0) is 20.5 Å². The molecule has 2 aromatic rings. The van der Waals surface area contributed by atoms with Gasteiger partial charge >= 0.3 is 0 Å². The minimum atomic E-state index is 0.527. The molecule has 0 aromatic carbocycles. The van der Waals surface area contributed by atoms with Gasteiger partial charge in [0.05, 0.1) is 25.5 Å². The molecule has 24 heavy (non-hydrogen) atoms. The van der Waals surface area contributed by atoms with Crippen LogP contribution in [0.4, 0.5) is 0 Å². The lowest BCUT2D eigenvalue weighted by Gasteiger charge is -2.19. The van der Waals surface area contributed by atoms with Crippen LogP contribution in [0.2, 0.25) is 0 Å². The SMILES string of the molecule is CN(C)CCOCc1nnn2c1CN(Cc1nccn1C)CCC2. The first-order chi connectivity index (χ1) is 11.6. The van der Waals surface area contributed by atoms with Crippen molar-refractivity contribution in [2.45, 2.75) is 32.7 Å². The number of hydrogen-bond donors (Lipinski definition) is 0. The van der Waals surface area contributed by atoms with Crippen LogP contribution >= 0.6 is 0 Å². The third kappa shape index (κ3) is 4.19. The first kappa shape index (κ1) is 17.1. The van der Waals surface area contributed by atoms with Gasteiger partial charge in [-0.15, -0.1) is 5.10 Å². The Kier molecular flexibility index (Phi) is 5.60. The fraction of sp³-hybridized carbons (Fsp3) is 0.688. The highest BCUT2D eigenvalue weighted by atomic mass is 16.5. The Hall–Kier alpha value is -1.77. The Bertz CT molecular complexity index is 649. The molecule has 8 nitrogen and oxygen atoms in total. The molecule has 0 spiro atoms. The molecule has 0 bridgehead atoms. The summed E-state index contributed by atoms with van der Waals surface area (Å²) >= 11 is 0. The van der Waals surface area contributed by atoms with Crippen LogP contribution in [-0.4, -0.2) is 68.1 Å². The number of aromatic nitrogens is 5. The van der Waals surface area contributed by atoms with E-state index in [1.54, 1.807) is 0 Å². The van der Waals surface area contributed by atoms with Gasteiger partial charge < -0.3 is 14.2 Å². The van der Waals surface area contributed by atoms with Crippen molar-refractivity contribution in [3.05, 3.63) is 29.6 Å². The Labute approximate surface area is 143 Å². The minimum Gasteiger partial charge on any atom is -0.374 e. The van der Waals surface area contributed by atoms with Crippen LogP contribution in [0.15, 0.2) is 12.4 Å². The van der Waals surface area contributed by atoms with Crippen molar-refractivity contribution >= 4 is 0 Å². The lowest BCUT2D eigenvalue weighted by atomic mass is 10.3. The monoisotopic (exact) mass is 333 g/mol. The highest BCUT2D eigenvalue weighted by Gasteiger charge is 2.21. The van der Waals surface area contributed by atoms with E-state index in [-0.39, 0.29) is 0 Å². The van der Waals surface area contributed by atoms with Crippen molar-refractivity contribution in [2.75, 3.05) is 33.8 Å². The Balaban J connectivity index is 1.63. The first-order valence-corrected chi connectivity index (χ1v) is 8.45. The van der Waals surface area contributed by atoms with Gasteiger partial charge in [-0.1, -0.05) is 5.21 Å². The molecule has 0 saturated carbocycles. The highest BCUT2D eigenvalue weighted by Crippen LogP contribution is 2.17. The fourth-order valence-electron chi connectivity index (χ4n) is 2.87. The maximum absolute atomic E-state index is 5.76. The second-order valence-corrected chi connectivity index (χ2v) is 6.58. The van der Waals surface area contributed by atoms with Crippen LogP contribution in [-0.2, 0) is 38.0 Å². The zero-order valence-corrected chi connectivity index (χ0v) is 14.9. The standard InChI is InChI=1S/C16H27N7O/c1-20(2)9-10-24-13-14-15-11-22(6-4-7-23(15)19-18-14)12-16-17-5-8-21(16)3/h5,8H,4,6-7,9-13H2,1-3H3. The van der Waals surface area contributed by atoms with Crippen LogP contribution in [0.1, 0.15) is 23.6 Å². The summed E-state index contributed by atoms with van der Waals surface area (Å²) in [7, 11) is 6.13. The van der Waals surface area contributed by atoms with Crippen molar-refractivity contribution < 1.29 is 4.74 Å².